The van der Waals surface area contributed by atoms with E-state index in [1.54, 1.807) is 17.2 Å². The average Bonchev–Trinajstić information content (AvgIpc) is 2.79. The number of aryl methyl sites for hydroxylation is 1. The van der Waals surface area contributed by atoms with Crippen LogP contribution in [0.4, 0.5) is 5.69 Å². The molecule has 19 heavy (non-hydrogen) atoms. The van der Waals surface area contributed by atoms with Crippen molar-refractivity contribution in [1.29, 1.82) is 0 Å². The first kappa shape index (κ1) is 13.9. The van der Waals surface area contributed by atoms with Gasteiger partial charge in [0.25, 0.3) is 5.91 Å². The Bertz CT molecular complexity index is 458. The molecule has 3 N–H and O–H groups in total. The Balaban J connectivity index is 2.21. The minimum atomic E-state index is -0.303. The molecular formula is C13H21N3O3. The summed E-state index contributed by atoms with van der Waals surface area (Å²) in [4.78, 5) is 14.3. The SMILES string of the molecule is CCn1cc(N)cc1C(=O)N1CC(CO)OCC1C. The van der Waals surface area contributed by atoms with Crippen LogP contribution in [0.3, 0.4) is 0 Å². The highest BCUT2D eigenvalue weighted by Gasteiger charge is 2.31. The van der Waals surface area contributed by atoms with E-state index in [1.165, 1.54) is 0 Å². The molecule has 2 unspecified atom stereocenters. The number of morpholine rings is 1. The number of hydrogen-bond donors (Lipinski definition) is 2. The zero-order chi connectivity index (χ0) is 14.0. The van der Waals surface area contributed by atoms with E-state index in [1.807, 2.05) is 18.4 Å². The molecule has 0 spiro atoms. The van der Waals surface area contributed by atoms with Crippen molar-refractivity contribution in [2.75, 3.05) is 25.5 Å². The second kappa shape index (κ2) is 5.63. The molecule has 0 radical (unpaired) electrons. The third-order valence-electron chi connectivity index (χ3n) is 3.45. The number of aliphatic hydroxyl groups is 1. The maximum atomic E-state index is 12.6. The van der Waals surface area contributed by atoms with Gasteiger partial charge in [0, 0.05) is 19.3 Å². The third kappa shape index (κ3) is 2.74. The number of amides is 1. The predicted molar refractivity (Wildman–Crippen MR) is 71.8 cm³/mol. The summed E-state index contributed by atoms with van der Waals surface area (Å²) in [6, 6.07) is 1.69. The van der Waals surface area contributed by atoms with Gasteiger partial charge < -0.3 is 25.0 Å². The number of rotatable bonds is 3. The molecule has 0 aliphatic carbocycles. The minimum Gasteiger partial charge on any atom is -0.397 e. The molecule has 2 atom stereocenters. The zero-order valence-electron chi connectivity index (χ0n) is 11.4. The highest BCUT2D eigenvalue weighted by Crippen LogP contribution is 2.18. The van der Waals surface area contributed by atoms with Crippen molar-refractivity contribution in [2.24, 2.45) is 0 Å². The number of carbonyl (C=O) groups excluding carboxylic acids is 1. The summed E-state index contributed by atoms with van der Waals surface area (Å²) in [5.74, 6) is -0.0622. The number of nitrogens with two attached hydrogens (primary N) is 1. The normalized spacial score (nSPS) is 23.6. The van der Waals surface area contributed by atoms with Crippen LogP contribution in [-0.4, -0.2) is 52.4 Å². The first-order chi connectivity index (χ1) is 9.06. The summed E-state index contributed by atoms with van der Waals surface area (Å²) in [5, 5.41) is 9.16. The second-order valence-corrected chi connectivity index (χ2v) is 4.89. The summed E-state index contributed by atoms with van der Waals surface area (Å²) in [6.45, 7) is 5.38. The smallest absolute Gasteiger partial charge is 0.270 e. The lowest BCUT2D eigenvalue weighted by Gasteiger charge is -2.37. The van der Waals surface area contributed by atoms with Gasteiger partial charge in [-0.05, 0) is 19.9 Å². The van der Waals surface area contributed by atoms with Crippen molar-refractivity contribution < 1.29 is 14.6 Å². The van der Waals surface area contributed by atoms with Crippen molar-refractivity contribution in [2.45, 2.75) is 32.5 Å². The third-order valence-corrected chi connectivity index (χ3v) is 3.45. The van der Waals surface area contributed by atoms with Crippen LogP contribution in [0.25, 0.3) is 0 Å². The van der Waals surface area contributed by atoms with E-state index in [2.05, 4.69) is 0 Å². The molecule has 0 saturated carbocycles. The number of carbonyl (C=O) groups is 1. The summed E-state index contributed by atoms with van der Waals surface area (Å²) in [5.41, 5.74) is 6.93. The molecule has 1 amide bonds. The Morgan fingerprint density at radius 3 is 3.00 bits per heavy atom. The molecule has 1 aliphatic rings. The molecule has 2 heterocycles. The Morgan fingerprint density at radius 1 is 1.63 bits per heavy atom. The number of nitrogen functional groups attached to an aromatic ring is 1. The van der Waals surface area contributed by atoms with Gasteiger partial charge in [0.05, 0.1) is 31.0 Å². The monoisotopic (exact) mass is 267 g/mol. The molecule has 106 valence electrons. The van der Waals surface area contributed by atoms with Crippen molar-refractivity contribution >= 4 is 11.6 Å². The molecule has 2 rings (SSSR count). The van der Waals surface area contributed by atoms with Gasteiger partial charge >= 0.3 is 0 Å². The van der Waals surface area contributed by atoms with Gasteiger partial charge in [0.2, 0.25) is 0 Å². The van der Waals surface area contributed by atoms with Gasteiger partial charge in [0.15, 0.2) is 0 Å². The van der Waals surface area contributed by atoms with E-state index >= 15 is 0 Å². The van der Waals surface area contributed by atoms with Crippen LogP contribution in [0, 0.1) is 0 Å². The molecular weight excluding hydrogens is 246 g/mol. The first-order valence-electron chi connectivity index (χ1n) is 6.55. The molecule has 1 aromatic rings. The van der Waals surface area contributed by atoms with E-state index in [4.69, 9.17) is 15.6 Å². The number of nitrogens with zero attached hydrogens (tertiary/aromatic N) is 2. The molecule has 6 nitrogen and oxygen atoms in total. The fraction of sp³-hybridized carbons (Fsp3) is 0.615. The molecule has 1 saturated heterocycles. The largest absolute Gasteiger partial charge is 0.397 e. The van der Waals surface area contributed by atoms with Crippen molar-refractivity contribution in [1.82, 2.24) is 9.47 Å². The standard InChI is InChI=1S/C13H21N3O3/c1-3-15-5-10(14)4-12(15)13(18)16-6-11(7-17)19-8-9(16)2/h4-5,9,11,17H,3,6-8,14H2,1-2H3. The van der Waals surface area contributed by atoms with Crippen molar-refractivity contribution in [3.63, 3.8) is 0 Å². The van der Waals surface area contributed by atoms with E-state index in [9.17, 15) is 4.79 Å². The van der Waals surface area contributed by atoms with E-state index < -0.39 is 0 Å². The summed E-state index contributed by atoms with van der Waals surface area (Å²) in [7, 11) is 0. The van der Waals surface area contributed by atoms with E-state index in [-0.39, 0.29) is 24.7 Å². The lowest BCUT2D eigenvalue weighted by Crippen LogP contribution is -2.52. The van der Waals surface area contributed by atoms with Gasteiger partial charge in [-0.25, -0.2) is 0 Å². The second-order valence-electron chi connectivity index (χ2n) is 4.89. The number of anilines is 1. The Labute approximate surface area is 112 Å². The molecule has 1 aromatic heterocycles. The van der Waals surface area contributed by atoms with Crippen molar-refractivity contribution in [3.05, 3.63) is 18.0 Å². The van der Waals surface area contributed by atoms with Gasteiger partial charge in [-0.2, -0.15) is 0 Å². The van der Waals surface area contributed by atoms with Crippen LogP contribution >= 0.6 is 0 Å². The highest BCUT2D eigenvalue weighted by atomic mass is 16.5. The fourth-order valence-corrected chi connectivity index (χ4v) is 2.33. The first-order valence-corrected chi connectivity index (χ1v) is 6.55. The zero-order valence-corrected chi connectivity index (χ0v) is 11.4. The molecule has 1 aliphatic heterocycles. The van der Waals surface area contributed by atoms with E-state index in [0.717, 1.165) is 0 Å². The maximum Gasteiger partial charge on any atom is 0.270 e. The van der Waals surface area contributed by atoms with Gasteiger partial charge in [-0.3, -0.25) is 4.79 Å². The van der Waals surface area contributed by atoms with Crippen LogP contribution in [-0.2, 0) is 11.3 Å². The van der Waals surface area contributed by atoms with E-state index in [0.29, 0.717) is 31.1 Å². The lowest BCUT2D eigenvalue weighted by atomic mass is 10.2. The van der Waals surface area contributed by atoms with Crippen LogP contribution in [0.15, 0.2) is 12.3 Å². The van der Waals surface area contributed by atoms with Gasteiger partial charge in [0.1, 0.15) is 5.69 Å². The van der Waals surface area contributed by atoms with Crippen molar-refractivity contribution in [3.8, 4) is 0 Å². The summed E-state index contributed by atoms with van der Waals surface area (Å²) < 4.78 is 7.28. The van der Waals surface area contributed by atoms with Crippen LogP contribution in [0.5, 0.6) is 0 Å². The maximum absolute atomic E-state index is 12.6. The minimum absolute atomic E-state index is 0.00303. The summed E-state index contributed by atoms with van der Waals surface area (Å²) in [6.07, 6.45) is 1.46. The number of ether oxygens (including phenoxy) is 1. The molecule has 1 fully saturated rings. The quantitative estimate of drug-likeness (QED) is 0.826. The number of aliphatic hydroxyl groups excluding tert-OH is 1. The predicted octanol–water partition coefficient (Wildman–Crippen LogP) is 0.312. The van der Waals surface area contributed by atoms with Crippen LogP contribution in [0.1, 0.15) is 24.3 Å². The fourth-order valence-electron chi connectivity index (χ4n) is 2.33. The van der Waals surface area contributed by atoms with Crippen LogP contribution in [0.2, 0.25) is 0 Å². The van der Waals surface area contributed by atoms with Gasteiger partial charge in [-0.1, -0.05) is 0 Å². The molecule has 0 bridgehead atoms. The topological polar surface area (TPSA) is 80.7 Å². The highest BCUT2D eigenvalue weighted by molar-refractivity contribution is 5.94. The lowest BCUT2D eigenvalue weighted by molar-refractivity contribution is -0.0669. The Kier molecular flexibility index (Phi) is 4.11. The Hall–Kier alpha value is -1.53. The average molecular weight is 267 g/mol. The number of hydrogen-bond acceptors (Lipinski definition) is 4. The molecule has 6 heteroatoms. The summed E-state index contributed by atoms with van der Waals surface area (Å²) >= 11 is 0. The number of aromatic nitrogens is 1. The Morgan fingerprint density at radius 2 is 2.37 bits per heavy atom. The van der Waals surface area contributed by atoms with Crippen LogP contribution < -0.4 is 5.73 Å². The van der Waals surface area contributed by atoms with Gasteiger partial charge in [-0.15, -0.1) is 0 Å². The molecule has 0 aromatic carbocycles.